The van der Waals surface area contributed by atoms with E-state index in [2.05, 4.69) is 5.32 Å². The molecule has 0 aliphatic rings. The zero-order chi connectivity index (χ0) is 13.5. The van der Waals surface area contributed by atoms with E-state index in [0.717, 1.165) is 11.6 Å². The Morgan fingerprint density at radius 1 is 1.17 bits per heavy atom. The molecule has 6 nitrogen and oxygen atoms in total. The van der Waals surface area contributed by atoms with Crippen LogP contribution in [0.2, 0.25) is 0 Å². The molecule has 94 valence electrons. The fourth-order valence-electron chi connectivity index (χ4n) is 1.17. The van der Waals surface area contributed by atoms with Crippen molar-refractivity contribution in [3.05, 3.63) is 42.0 Å². The number of anilines is 1. The highest BCUT2D eigenvalue weighted by Gasteiger charge is 2.06. The summed E-state index contributed by atoms with van der Waals surface area (Å²) in [6.45, 7) is 1.81. The van der Waals surface area contributed by atoms with Crippen LogP contribution in [-0.4, -0.2) is 23.0 Å². The number of imide groups is 1. The zero-order valence-electron chi connectivity index (χ0n) is 9.64. The average molecular weight is 248 g/mol. The number of nitrogens with one attached hydrogen (secondary N) is 2. The minimum Gasteiger partial charge on any atom is -0.478 e. The van der Waals surface area contributed by atoms with Crippen LogP contribution in [0.5, 0.6) is 0 Å². The topological polar surface area (TPSA) is 95.5 Å². The third kappa shape index (κ3) is 4.48. The molecule has 1 rings (SSSR count). The van der Waals surface area contributed by atoms with E-state index in [1.54, 1.807) is 12.1 Å². The molecule has 6 heteroatoms. The van der Waals surface area contributed by atoms with E-state index in [9.17, 15) is 14.4 Å². The Balaban J connectivity index is 2.55. The lowest BCUT2D eigenvalue weighted by atomic mass is 10.2. The van der Waals surface area contributed by atoms with Gasteiger partial charge in [-0.25, -0.2) is 9.59 Å². The van der Waals surface area contributed by atoms with Crippen LogP contribution in [-0.2, 0) is 9.59 Å². The summed E-state index contributed by atoms with van der Waals surface area (Å²) >= 11 is 0. The summed E-state index contributed by atoms with van der Waals surface area (Å²) in [6, 6.07) is 6.34. The molecule has 1 aromatic rings. The maximum Gasteiger partial charge on any atom is 0.328 e. The van der Waals surface area contributed by atoms with Crippen LogP contribution < -0.4 is 10.6 Å². The van der Waals surface area contributed by atoms with Gasteiger partial charge in [-0.2, -0.15) is 0 Å². The quantitative estimate of drug-likeness (QED) is 0.702. The molecule has 0 unspecified atom stereocenters. The van der Waals surface area contributed by atoms with Crippen molar-refractivity contribution < 1.29 is 19.5 Å². The molecule has 1 aromatic carbocycles. The van der Waals surface area contributed by atoms with Gasteiger partial charge in [0.25, 0.3) is 5.91 Å². The van der Waals surface area contributed by atoms with E-state index < -0.39 is 17.9 Å². The van der Waals surface area contributed by atoms with Gasteiger partial charge in [-0.3, -0.25) is 10.1 Å². The van der Waals surface area contributed by atoms with Crippen LogP contribution in [0.15, 0.2) is 36.4 Å². The molecule has 0 bridgehead atoms. The molecule has 0 atom stereocenters. The first-order valence-corrected chi connectivity index (χ1v) is 5.07. The number of benzene rings is 1. The molecule has 0 saturated carbocycles. The van der Waals surface area contributed by atoms with Crippen molar-refractivity contribution in [2.45, 2.75) is 6.92 Å². The van der Waals surface area contributed by atoms with Gasteiger partial charge in [-0.05, 0) is 18.6 Å². The van der Waals surface area contributed by atoms with Crippen molar-refractivity contribution in [1.82, 2.24) is 5.32 Å². The van der Waals surface area contributed by atoms with Gasteiger partial charge in [0.15, 0.2) is 0 Å². The number of aryl methyl sites for hydroxylation is 1. The number of carbonyl (C=O) groups excluding carboxylic acids is 2. The minimum atomic E-state index is -1.26. The van der Waals surface area contributed by atoms with E-state index in [1.165, 1.54) is 0 Å². The summed E-state index contributed by atoms with van der Waals surface area (Å²) in [7, 11) is 0. The molecule has 3 N–H and O–H groups in total. The molecular weight excluding hydrogens is 236 g/mol. The largest absolute Gasteiger partial charge is 0.478 e. The Kier molecular flexibility index (Phi) is 4.62. The Morgan fingerprint density at radius 2 is 1.83 bits per heavy atom. The Labute approximate surface area is 103 Å². The number of para-hydroxylation sites is 1. The van der Waals surface area contributed by atoms with Crippen LogP contribution in [0.25, 0.3) is 0 Å². The van der Waals surface area contributed by atoms with Gasteiger partial charge in [-0.1, -0.05) is 18.2 Å². The van der Waals surface area contributed by atoms with Crippen molar-refractivity contribution in [2.75, 3.05) is 5.32 Å². The van der Waals surface area contributed by atoms with E-state index >= 15 is 0 Å². The average Bonchev–Trinajstić information content (AvgIpc) is 2.29. The van der Waals surface area contributed by atoms with Gasteiger partial charge >= 0.3 is 12.0 Å². The van der Waals surface area contributed by atoms with Crippen molar-refractivity contribution in [3.63, 3.8) is 0 Å². The third-order valence-corrected chi connectivity index (χ3v) is 2.01. The number of carboxylic acids is 1. The molecule has 18 heavy (non-hydrogen) atoms. The molecule has 0 saturated heterocycles. The number of rotatable bonds is 3. The maximum absolute atomic E-state index is 11.4. The number of amides is 3. The van der Waals surface area contributed by atoms with Gasteiger partial charge in [0.05, 0.1) is 0 Å². The van der Waals surface area contributed by atoms with Gasteiger partial charge < -0.3 is 10.4 Å². The smallest absolute Gasteiger partial charge is 0.328 e. The van der Waals surface area contributed by atoms with E-state index in [0.29, 0.717) is 11.8 Å². The van der Waals surface area contributed by atoms with Crippen LogP contribution in [0, 0.1) is 6.92 Å². The second-order valence-corrected chi connectivity index (χ2v) is 3.43. The lowest BCUT2D eigenvalue weighted by Crippen LogP contribution is -2.33. The van der Waals surface area contributed by atoms with E-state index in [1.807, 2.05) is 24.4 Å². The van der Waals surface area contributed by atoms with Gasteiger partial charge in [0.2, 0.25) is 0 Å². The Hall–Kier alpha value is -2.63. The first-order valence-electron chi connectivity index (χ1n) is 5.07. The lowest BCUT2D eigenvalue weighted by molar-refractivity contribution is -0.131. The molecule has 0 radical (unpaired) electrons. The first kappa shape index (κ1) is 13.4. The van der Waals surface area contributed by atoms with Crippen molar-refractivity contribution >= 4 is 23.6 Å². The molecule has 0 spiro atoms. The third-order valence-electron chi connectivity index (χ3n) is 2.01. The lowest BCUT2D eigenvalue weighted by Gasteiger charge is -2.07. The van der Waals surface area contributed by atoms with Crippen LogP contribution in [0.1, 0.15) is 5.56 Å². The standard InChI is InChI=1S/C12H12N2O4/c1-8-4-2-3-5-9(8)13-12(18)14-10(15)6-7-11(16)17/h2-7H,1H3,(H,16,17)(H2,13,14,15,18)/b7-6+. The van der Waals surface area contributed by atoms with E-state index in [4.69, 9.17) is 5.11 Å². The fraction of sp³-hybridized carbons (Fsp3) is 0.0833. The summed E-state index contributed by atoms with van der Waals surface area (Å²) < 4.78 is 0. The van der Waals surface area contributed by atoms with Crippen molar-refractivity contribution in [2.24, 2.45) is 0 Å². The molecular formula is C12H12N2O4. The number of carboxylic acid groups (broad SMARTS) is 1. The molecule has 0 aromatic heterocycles. The summed E-state index contributed by atoms with van der Waals surface area (Å²) in [5.41, 5.74) is 1.42. The number of hydrogen-bond donors (Lipinski definition) is 3. The second kappa shape index (κ2) is 6.19. The monoisotopic (exact) mass is 248 g/mol. The van der Waals surface area contributed by atoms with Crippen molar-refractivity contribution in [3.8, 4) is 0 Å². The second-order valence-electron chi connectivity index (χ2n) is 3.43. The van der Waals surface area contributed by atoms with Crippen LogP contribution in [0.3, 0.4) is 0 Å². The molecule has 0 aliphatic heterocycles. The molecule has 0 fully saturated rings. The zero-order valence-corrected chi connectivity index (χ0v) is 9.64. The molecule has 0 heterocycles. The Bertz CT molecular complexity index is 509. The SMILES string of the molecule is Cc1ccccc1NC(=O)NC(=O)/C=C/C(=O)O. The fourth-order valence-corrected chi connectivity index (χ4v) is 1.17. The summed E-state index contributed by atoms with van der Waals surface area (Å²) in [5.74, 6) is -2.06. The summed E-state index contributed by atoms with van der Waals surface area (Å²) in [5, 5.41) is 12.7. The van der Waals surface area contributed by atoms with Gasteiger partial charge in [-0.15, -0.1) is 0 Å². The number of carbonyl (C=O) groups is 3. The minimum absolute atomic E-state index is 0.574. The predicted octanol–water partition coefficient (Wildman–Crippen LogP) is 1.28. The highest BCUT2D eigenvalue weighted by molar-refractivity contribution is 6.06. The van der Waals surface area contributed by atoms with Gasteiger partial charge in [0.1, 0.15) is 0 Å². The van der Waals surface area contributed by atoms with Crippen molar-refractivity contribution in [1.29, 1.82) is 0 Å². The normalized spacial score (nSPS) is 10.1. The van der Waals surface area contributed by atoms with Crippen LogP contribution in [0.4, 0.5) is 10.5 Å². The highest BCUT2D eigenvalue weighted by Crippen LogP contribution is 2.12. The maximum atomic E-state index is 11.4. The molecule has 0 aliphatic carbocycles. The predicted molar refractivity (Wildman–Crippen MR) is 65.1 cm³/mol. The van der Waals surface area contributed by atoms with Gasteiger partial charge in [0, 0.05) is 17.8 Å². The number of aliphatic carboxylic acids is 1. The number of urea groups is 1. The Morgan fingerprint density at radius 3 is 2.44 bits per heavy atom. The van der Waals surface area contributed by atoms with E-state index in [-0.39, 0.29) is 0 Å². The summed E-state index contributed by atoms with van der Waals surface area (Å²) in [4.78, 5) is 32.7. The number of hydrogen-bond acceptors (Lipinski definition) is 3. The van der Waals surface area contributed by atoms with Crippen LogP contribution >= 0.6 is 0 Å². The first-order chi connectivity index (χ1) is 8.49. The highest BCUT2D eigenvalue weighted by atomic mass is 16.4. The summed E-state index contributed by atoms with van der Waals surface area (Å²) in [6.07, 6.45) is 1.41. The molecule has 3 amide bonds.